The summed E-state index contributed by atoms with van der Waals surface area (Å²) in [6.45, 7) is 6.72. The molecular weight excluding hydrogens is 388 g/mol. The van der Waals surface area contributed by atoms with Gasteiger partial charge in [0.15, 0.2) is 0 Å². The average Bonchev–Trinajstić information content (AvgIpc) is 3.04. The number of rotatable bonds is 7. The molecule has 0 bridgehead atoms. The molecule has 0 amide bonds. The first-order valence-electron chi connectivity index (χ1n) is 12.9. The van der Waals surface area contributed by atoms with Crippen molar-refractivity contribution in [3.05, 3.63) is 11.6 Å². The van der Waals surface area contributed by atoms with Crippen molar-refractivity contribution in [2.75, 3.05) is 0 Å². The predicted molar refractivity (Wildman–Crippen MR) is 121 cm³/mol. The lowest BCUT2D eigenvalue weighted by Gasteiger charge is -2.58. The predicted octanol–water partition coefficient (Wildman–Crippen LogP) is 5.76. The fourth-order valence-corrected chi connectivity index (χ4v) is 7.61. The molecule has 1 N–H and O–H groups in total. The number of hydrogen-bond acceptors (Lipinski definition) is 4. The van der Waals surface area contributed by atoms with Crippen LogP contribution in [0.3, 0.4) is 0 Å². The monoisotopic (exact) mass is 430 g/mol. The quantitative estimate of drug-likeness (QED) is 0.317. The smallest absolute Gasteiger partial charge is 0.306 e. The van der Waals surface area contributed by atoms with Crippen LogP contribution in [0.2, 0.25) is 0 Å². The van der Waals surface area contributed by atoms with Crippen molar-refractivity contribution in [2.45, 2.75) is 116 Å². The Morgan fingerprint density at radius 3 is 2.55 bits per heavy atom. The van der Waals surface area contributed by atoms with Gasteiger partial charge in [0.1, 0.15) is 11.9 Å². The largest absolute Gasteiger partial charge is 0.462 e. The van der Waals surface area contributed by atoms with Crippen LogP contribution in [0.1, 0.15) is 104 Å². The Kier molecular flexibility index (Phi) is 6.68. The van der Waals surface area contributed by atoms with E-state index in [1.807, 2.05) is 0 Å². The highest BCUT2D eigenvalue weighted by molar-refractivity contribution is 5.87. The molecule has 0 aromatic carbocycles. The number of carbonyl (C=O) groups is 2. The van der Waals surface area contributed by atoms with E-state index in [2.05, 4.69) is 26.8 Å². The summed E-state index contributed by atoms with van der Waals surface area (Å²) in [5, 5.41) is 11.2. The van der Waals surface area contributed by atoms with Gasteiger partial charge in [0, 0.05) is 24.7 Å². The van der Waals surface area contributed by atoms with Crippen molar-refractivity contribution in [3.63, 3.8) is 0 Å². The highest BCUT2D eigenvalue weighted by Gasteiger charge is 2.60. The molecule has 4 heteroatoms. The molecule has 3 fully saturated rings. The van der Waals surface area contributed by atoms with E-state index in [1.54, 1.807) is 0 Å². The van der Waals surface area contributed by atoms with Gasteiger partial charge in [-0.15, -0.1) is 0 Å². The van der Waals surface area contributed by atoms with Gasteiger partial charge in [-0.1, -0.05) is 58.1 Å². The Morgan fingerprint density at radius 1 is 1.06 bits per heavy atom. The normalized spacial score (nSPS) is 41.7. The van der Waals surface area contributed by atoms with E-state index >= 15 is 0 Å². The lowest BCUT2D eigenvalue weighted by molar-refractivity contribution is -0.152. The molecule has 4 aliphatic rings. The first-order chi connectivity index (χ1) is 14.8. The zero-order valence-electron chi connectivity index (χ0n) is 19.8. The van der Waals surface area contributed by atoms with Gasteiger partial charge in [0.05, 0.1) is 6.10 Å². The number of Topliss-reactive ketones (excluding diaryl/α,β-unsaturated/α-hetero) is 1. The van der Waals surface area contributed by atoms with Crippen molar-refractivity contribution in [2.24, 2.45) is 28.6 Å². The third-order valence-electron chi connectivity index (χ3n) is 9.58. The maximum atomic E-state index is 12.6. The maximum Gasteiger partial charge on any atom is 0.306 e. The van der Waals surface area contributed by atoms with Crippen LogP contribution in [0.15, 0.2) is 11.6 Å². The second-order valence-corrected chi connectivity index (χ2v) is 11.3. The summed E-state index contributed by atoms with van der Waals surface area (Å²) in [5.41, 5.74) is 1.13. The molecule has 4 nitrogen and oxygen atoms in total. The number of aliphatic hydroxyl groups excluding tert-OH is 1. The number of fused-ring (bicyclic) bond motifs is 5. The molecule has 3 saturated carbocycles. The summed E-state index contributed by atoms with van der Waals surface area (Å²) in [5.74, 6) is 1.29. The molecule has 0 aromatic rings. The van der Waals surface area contributed by atoms with Crippen LogP contribution in [-0.2, 0) is 14.3 Å². The maximum absolute atomic E-state index is 12.6. The highest BCUT2D eigenvalue weighted by atomic mass is 16.5. The van der Waals surface area contributed by atoms with Crippen LogP contribution >= 0.6 is 0 Å². The van der Waals surface area contributed by atoms with Crippen molar-refractivity contribution < 1.29 is 19.4 Å². The summed E-state index contributed by atoms with van der Waals surface area (Å²) in [7, 11) is 0. The number of carbonyl (C=O) groups excluding carboxylic acids is 2. The molecule has 7 atom stereocenters. The number of ketones is 1. The van der Waals surface area contributed by atoms with Gasteiger partial charge in [-0.2, -0.15) is 0 Å². The zero-order valence-corrected chi connectivity index (χ0v) is 19.8. The van der Waals surface area contributed by atoms with Gasteiger partial charge in [0.2, 0.25) is 0 Å². The molecule has 0 heterocycles. The van der Waals surface area contributed by atoms with E-state index in [9.17, 15) is 14.7 Å². The van der Waals surface area contributed by atoms with Gasteiger partial charge in [-0.05, 0) is 61.7 Å². The second kappa shape index (κ2) is 9.00. The molecule has 0 aliphatic heterocycles. The van der Waals surface area contributed by atoms with E-state index in [0.717, 1.165) is 51.4 Å². The minimum Gasteiger partial charge on any atom is -0.462 e. The summed E-state index contributed by atoms with van der Waals surface area (Å²) >= 11 is 0. The minimum absolute atomic E-state index is 0.0480. The number of ether oxygens (including phenoxy) is 1. The summed E-state index contributed by atoms with van der Waals surface area (Å²) in [6.07, 6.45) is 14.1. The highest BCUT2D eigenvalue weighted by Crippen LogP contribution is 2.64. The Morgan fingerprint density at radius 2 is 1.77 bits per heavy atom. The number of hydrogen-bond donors (Lipinski definition) is 1. The molecule has 0 spiro atoms. The topological polar surface area (TPSA) is 63.6 Å². The first kappa shape index (κ1) is 23.0. The van der Waals surface area contributed by atoms with Gasteiger partial charge in [-0.3, -0.25) is 9.59 Å². The van der Waals surface area contributed by atoms with Crippen molar-refractivity contribution in [1.29, 1.82) is 0 Å². The molecule has 0 aromatic heterocycles. The van der Waals surface area contributed by atoms with Crippen LogP contribution in [0, 0.1) is 28.6 Å². The standard InChI is InChI=1S/C27H42O4/c1-4-5-6-7-8-9-24(30)31-19-12-14-26(2)18(16-19)17-22(28)25-20-10-11-23(29)27(20,3)15-13-21(25)26/h17,19-22,25,28H,4-16H2,1-3H3/t19-,20?,21?,22+,25?,26-,27-/m0/s1. The fraction of sp³-hybridized carbons (Fsp3) is 0.852. The Labute approximate surface area is 188 Å². The van der Waals surface area contributed by atoms with Crippen molar-refractivity contribution >= 4 is 11.8 Å². The summed E-state index contributed by atoms with van der Waals surface area (Å²) < 4.78 is 5.86. The summed E-state index contributed by atoms with van der Waals surface area (Å²) in [4.78, 5) is 24.9. The van der Waals surface area contributed by atoms with Gasteiger partial charge < -0.3 is 9.84 Å². The lowest BCUT2D eigenvalue weighted by atomic mass is 9.47. The van der Waals surface area contributed by atoms with Crippen LogP contribution in [0.25, 0.3) is 0 Å². The van der Waals surface area contributed by atoms with Gasteiger partial charge in [-0.25, -0.2) is 0 Å². The molecule has 174 valence electrons. The first-order valence-corrected chi connectivity index (χ1v) is 12.9. The van der Waals surface area contributed by atoms with Crippen molar-refractivity contribution in [1.82, 2.24) is 0 Å². The van der Waals surface area contributed by atoms with Crippen LogP contribution in [0.4, 0.5) is 0 Å². The number of unbranched alkanes of at least 4 members (excludes halogenated alkanes) is 4. The van der Waals surface area contributed by atoms with E-state index < -0.39 is 6.10 Å². The SMILES string of the molecule is CCCCCCCC(=O)O[C@H]1CC[C@@]2(C)C(=C[C@@H](O)C3C2CC[C@]2(C)C(=O)CCC32)C1. The van der Waals surface area contributed by atoms with Crippen molar-refractivity contribution in [3.8, 4) is 0 Å². The molecule has 4 rings (SSSR count). The van der Waals surface area contributed by atoms with Crippen LogP contribution in [0.5, 0.6) is 0 Å². The van der Waals surface area contributed by atoms with Crippen LogP contribution < -0.4 is 0 Å². The third-order valence-corrected chi connectivity index (χ3v) is 9.58. The van der Waals surface area contributed by atoms with Gasteiger partial charge in [0.25, 0.3) is 0 Å². The summed E-state index contributed by atoms with van der Waals surface area (Å²) in [6, 6.07) is 0. The minimum atomic E-state index is -0.475. The van der Waals surface area contributed by atoms with E-state index in [1.165, 1.54) is 24.8 Å². The fourth-order valence-electron chi connectivity index (χ4n) is 7.61. The second-order valence-electron chi connectivity index (χ2n) is 11.3. The number of aliphatic hydroxyl groups is 1. The van der Waals surface area contributed by atoms with E-state index in [-0.39, 0.29) is 28.8 Å². The van der Waals surface area contributed by atoms with E-state index in [4.69, 9.17) is 4.74 Å². The third kappa shape index (κ3) is 4.14. The molecular formula is C27H42O4. The van der Waals surface area contributed by atoms with Gasteiger partial charge >= 0.3 is 5.97 Å². The molecule has 0 saturated heterocycles. The van der Waals surface area contributed by atoms with Crippen LogP contribution in [-0.4, -0.2) is 29.1 Å². The zero-order chi connectivity index (χ0) is 22.2. The average molecular weight is 431 g/mol. The molecule has 31 heavy (non-hydrogen) atoms. The Hall–Kier alpha value is -1.16. The molecule has 0 radical (unpaired) electrons. The van der Waals surface area contributed by atoms with E-state index in [0.29, 0.717) is 30.5 Å². The molecule has 4 aliphatic carbocycles. The molecule has 3 unspecified atom stereocenters. The Bertz CT molecular complexity index is 727. The lowest BCUT2D eigenvalue weighted by Crippen LogP contribution is -2.54. The Balaban J connectivity index is 1.40. The number of esters is 1.